The van der Waals surface area contributed by atoms with E-state index in [0.29, 0.717) is 23.5 Å². The summed E-state index contributed by atoms with van der Waals surface area (Å²) in [5.74, 6) is 5.35. The van der Waals surface area contributed by atoms with Crippen molar-refractivity contribution < 1.29 is 8.42 Å². The van der Waals surface area contributed by atoms with Crippen LogP contribution in [0.1, 0.15) is 37.9 Å². The fourth-order valence-electron chi connectivity index (χ4n) is 2.62. The van der Waals surface area contributed by atoms with Gasteiger partial charge in [-0.1, -0.05) is 38.1 Å². The molecule has 6 nitrogen and oxygen atoms in total. The highest BCUT2D eigenvalue weighted by Gasteiger charge is 2.29. The van der Waals surface area contributed by atoms with E-state index < -0.39 is 15.3 Å². The van der Waals surface area contributed by atoms with Crippen LogP contribution in [0.15, 0.2) is 55.2 Å². The zero-order chi connectivity index (χ0) is 19.2. The van der Waals surface area contributed by atoms with Gasteiger partial charge >= 0.3 is 0 Å². The highest BCUT2D eigenvalue weighted by atomic mass is 32.2. The van der Waals surface area contributed by atoms with Crippen molar-refractivity contribution >= 4 is 21.4 Å². The minimum Gasteiger partial charge on any atom is -0.324 e. The molecule has 0 saturated heterocycles. The Bertz CT molecular complexity index is 820. The Labute approximate surface area is 155 Å². The van der Waals surface area contributed by atoms with E-state index >= 15 is 0 Å². The van der Waals surface area contributed by atoms with Crippen LogP contribution < -0.4 is 15.6 Å². The number of nitrogens with one attached hydrogen (secondary N) is 1. The molecule has 0 aliphatic carbocycles. The fourth-order valence-corrected chi connectivity index (χ4v) is 4.32. The third-order valence-electron chi connectivity index (χ3n) is 4.21. The molecular weight excluding hydrogens is 348 g/mol. The van der Waals surface area contributed by atoms with E-state index in [-0.39, 0.29) is 6.54 Å². The molecule has 1 aromatic carbocycles. The van der Waals surface area contributed by atoms with Crippen LogP contribution in [0.5, 0.6) is 0 Å². The maximum Gasteiger partial charge on any atom is 0.238 e. The van der Waals surface area contributed by atoms with E-state index in [0.717, 1.165) is 12.0 Å². The van der Waals surface area contributed by atoms with Gasteiger partial charge in [-0.3, -0.25) is 15.1 Å². The Balaban J connectivity index is 2.35. The first-order valence-electron chi connectivity index (χ1n) is 8.57. The number of benzene rings is 1. The molecule has 3 N–H and O–H groups in total. The molecule has 1 aromatic heterocycles. The number of hydrogen-bond acceptors (Lipinski definition) is 5. The SMILES string of the molecule is C=C(NN)c1ccc(CN(c2ccccc2)S(=O)(=O)C(C)CCC)nc1. The molecule has 26 heavy (non-hydrogen) atoms. The number of para-hydroxylation sites is 1. The first-order chi connectivity index (χ1) is 12.4. The van der Waals surface area contributed by atoms with E-state index in [1.54, 1.807) is 31.3 Å². The summed E-state index contributed by atoms with van der Waals surface area (Å²) >= 11 is 0. The zero-order valence-electron chi connectivity index (χ0n) is 15.2. The lowest BCUT2D eigenvalue weighted by atomic mass is 10.2. The van der Waals surface area contributed by atoms with Crippen molar-refractivity contribution in [1.29, 1.82) is 0 Å². The van der Waals surface area contributed by atoms with Gasteiger partial charge in [-0.15, -0.1) is 0 Å². The minimum atomic E-state index is -3.50. The Kier molecular flexibility index (Phi) is 6.76. The molecule has 1 atom stereocenters. The molecule has 0 radical (unpaired) electrons. The monoisotopic (exact) mass is 374 g/mol. The average Bonchev–Trinajstić information content (AvgIpc) is 2.66. The standard InChI is InChI=1S/C19H26N4O2S/c1-4-8-15(2)26(24,25)23(19-9-6-5-7-10-19)14-18-12-11-17(13-21-18)16(3)22-20/h5-7,9-13,15,22H,3-4,8,14,20H2,1-2H3. The third kappa shape index (κ3) is 4.62. The molecule has 0 saturated carbocycles. The Morgan fingerprint density at radius 1 is 1.27 bits per heavy atom. The van der Waals surface area contributed by atoms with Crippen LogP contribution in [-0.2, 0) is 16.6 Å². The number of anilines is 1. The van der Waals surface area contributed by atoms with Gasteiger partial charge in [0.15, 0.2) is 0 Å². The molecule has 0 fully saturated rings. The summed E-state index contributed by atoms with van der Waals surface area (Å²) in [6, 6.07) is 12.7. The van der Waals surface area contributed by atoms with Crippen molar-refractivity contribution in [2.75, 3.05) is 4.31 Å². The molecular formula is C19H26N4O2S. The highest BCUT2D eigenvalue weighted by Crippen LogP contribution is 2.24. The Hall–Kier alpha value is -2.38. The second kappa shape index (κ2) is 8.82. The van der Waals surface area contributed by atoms with E-state index in [2.05, 4.69) is 17.0 Å². The first kappa shape index (κ1) is 19.9. The lowest BCUT2D eigenvalue weighted by molar-refractivity contribution is 0.569. The van der Waals surface area contributed by atoms with Crippen LogP contribution in [0.3, 0.4) is 0 Å². The van der Waals surface area contributed by atoms with Gasteiger partial charge in [0.2, 0.25) is 10.0 Å². The molecule has 0 amide bonds. The van der Waals surface area contributed by atoms with Gasteiger partial charge in [0.25, 0.3) is 0 Å². The summed E-state index contributed by atoms with van der Waals surface area (Å²) < 4.78 is 27.6. The molecule has 0 aliphatic heterocycles. The maximum atomic E-state index is 13.1. The van der Waals surface area contributed by atoms with Crippen LogP contribution >= 0.6 is 0 Å². The number of sulfonamides is 1. The molecule has 1 unspecified atom stereocenters. The van der Waals surface area contributed by atoms with Gasteiger partial charge in [0, 0.05) is 11.8 Å². The number of pyridine rings is 1. The number of nitrogens with two attached hydrogens (primary N) is 1. The van der Waals surface area contributed by atoms with E-state index in [1.165, 1.54) is 4.31 Å². The summed E-state index contributed by atoms with van der Waals surface area (Å²) in [5, 5.41) is -0.465. The van der Waals surface area contributed by atoms with E-state index in [9.17, 15) is 8.42 Å². The van der Waals surface area contributed by atoms with Crippen LogP contribution in [0.2, 0.25) is 0 Å². The molecule has 2 rings (SSSR count). The second-order valence-electron chi connectivity index (χ2n) is 6.15. The van der Waals surface area contributed by atoms with Crippen molar-refractivity contribution in [3.8, 4) is 0 Å². The maximum absolute atomic E-state index is 13.1. The number of hydrogen-bond donors (Lipinski definition) is 2. The second-order valence-corrected chi connectivity index (χ2v) is 8.42. The van der Waals surface area contributed by atoms with Crippen LogP contribution in [0, 0.1) is 0 Å². The van der Waals surface area contributed by atoms with Crippen LogP contribution in [-0.4, -0.2) is 18.7 Å². The van der Waals surface area contributed by atoms with Gasteiger partial charge in [-0.2, -0.15) is 0 Å². The molecule has 2 aromatic rings. The van der Waals surface area contributed by atoms with Crippen LogP contribution in [0.25, 0.3) is 5.70 Å². The number of rotatable bonds is 9. The largest absolute Gasteiger partial charge is 0.324 e. The van der Waals surface area contributed by atoms with Gasteiger partial charge in [0.1, 0.15) is 0 Å². The minimum absolute atomic E-state index is 0.170. The summed E-state index contributed by atoms with van der Waals surface area (Å²) in [6.45, 7) is 7.69. The van der Waals surface area contributed by atoms with Crippen molar-refractivity contribution in [3.63, 3.8) is 0 Å². The Morgan fingerprint density at radius 3 is 2.50 bits per heavy atom. The zero-order valence-corrected chi connectivity index (χ0v) is 16.0. The summed E-state index contributed by atoms with van der Waals surface area (Å²) in [7, 11) is -3.50. The summed E-state index contributed by atoms with van der Waals surface area (Å²) in [5.41, 5.74) is 5.06. The van der Waals surface area contributed by atoms with Gasteiger partial charge < -0.3 is 5.43 Å². The average molecular weight is 375 g/mol. The third-order valence-corrected chi connectivity index (χ3v) is 6.42. The topological polar surface area (TPSA) is 88.3 Å². The molecule has 1 heterocycles. The van der Waals surface area contributed by atoms with Gasteiger partial charge in [0.05, 0.1) is 28.9 Å². The lowest BCUT2D eigenvalue weighted by Crippen LogP contribution is -2.37. The predicted molar refractivity (Wildman–Crippen MR) is 107 cm³/mol. The van der Waals surface area contributed by atoms with Crippen molar-refractivity contribution in [3.05, 3.63) is 66.5 Å². The van der Waals surface area contributed by atoms with Gasteiger partial charge in [-0.05, 0) is 37.6 Å². The highest BCUT2D eigenvalue weighted by molar-refractivity contribution is 7.93. The predicted octanol–water partition coefficient (Wildman–Crippen LogP) is 3.04. The molecule has 0 spiro atoms. The number of aromatic nitrogens is 1. The molecule has 140 valence electrons. The van der Waals surface area contributed by atoms with Crippen molar-refractivity contribution in [2.24, 2.45) is 5.84 Å². The Morgan fingerprint density at radius 2 is 1.96 bits per heavy atom. The quantitative estimate of drug-likeness (QED) is 0.520. The van der Waals surface area contributed by atoms with Crippen molar-refractivity contribution in [2.45, 2.75) is 38.5 Å². The fraction of sp³-hybridized carbons (Fsp3) is 0.316. The molecule has 0 bridgehead atoms. The lowest BCUT2D eigenvalue weighted by Gasteiger charge is -2.27. The normalized spacial score (nSPS) is 12.4. The molecule has 7 heteroatoms. The summed E-state index contributed by atoms with van der Waals surface area (Å²) in [4.78, 5) is 4.37. The van der Waals surface area contributed by atoms with Gasteiger partial charge in [-0.25, -0.2) is 8.42 Å². The number of hydrazine groups is 1. The van der Waals surface area contributed by atoms with E-state index in [4.69, 9.17) is 5.84 Å². The number of nitrogens with zero attached hydrogens (tertiary/aromatic N) is 2. The summed E-state index contributed by atoms with van der Waals surface area (Å²) in [6.07, 6.45) is 3.05. The smallest absolute Gasteiger partial charge is 0.238 e. The van der Waals surface area contributed by atoms with E-state index in [1.807, 2.05) is 31.2 Å². The first-order valence-corrected chi connectivity index (χ1v) is 10.1. The molecule has 0 aliphatic rings. The van der Waals surface area contributed by atoms with Crippen molar-refractivity contribution in [1.82, 2.24) is 10.4 Å². The van der Waals surface area contributed by atoms with Crippen LogP contribution in [0.4, 0.5) is 5.69 Å².